The van der Waals surface area contributed by atoms with Gasteiger partial charge in [0.15, 0.2) is 0 Å². The lowest BCUT2D eigenvalue weighted by molar-refractivity contribution is -0.138. The first-order valence-corrected chi connectivity index (χ1v) is 15.2. The molecule has 7 nitrogen and oxygen atoms in total. The Kier molecular flexibility index (Phi) is 8.57. The highest BCUT2D eigenvalue weighted by Gasteiger charge is 2.37. The lowest BCUT2D eigenvalue weighted by atomic mass is 9.95. The molecule has 0 saturated carbocycles. The Morgan fingerprint density at radius 1 is 0.897 bits per heavy atom. The molecule has 0 bridgehead atoms. The zero-order chi connectivity index (χ0) is 27.4. The highest BCUT2D eigenvalue weighted by molar-refractivity contribution is 7.89. The number of hydrogen-bond acceptors (Lipinski definition) is 5. The van der Waals surface area contributed by atoms with Gasteiger partial charge >= 0.3 is 0 Å². The van der Waals surface area contributed by atoms with E-state index in [1.807, 2.05) is 17.0 Å². The van der Waals surface area contributed by atoms with Gasteiger partial charge in [-0.15, -0.1) is 0 Å². The van der Waals surface area contributed by atoms with Gasteiger partial charge in [-0.3, -0.25) is 9.69 Å². The summed E-state index contributed by atoms with van der Waals surface area (Å²) in [5.41, 5.74) is 2.46. The van der Waals surface area contributed by atoms with Crippen molar-refractivity contribution in [2.45, 2.75) is 23.8 Å². The number of sulfonamides is 1. The summed E-state index contributed by atoms with van der Waals surface area (Å²) in [6, 6.07) is 25.5. The van der Waals surface area contributed by atoms with Gasteiger partial charge in [-0.1, -0.05) is 72.3 Å². The van der Waals surface area contributed by atoms with Crippen LogP contribution in [0, 0.1) is 5.92 Å². The van der Waals surface area contributed by atoms with Gasteiger partial charge in [0.2, 0.25) is 15.9 Å². The molecule has 39 heavy (non-hydrogen) atoms. The van der Waals surface area contributed by atoms with E-state index in [-0.39, 0.29) is 34.3 Å². The highest BCUT2D eigenvalue weighted by atomic mass is 35.5. The van der Waals surface area contributed by atoms with Crippen LogP contribution in [0.25, 0.3) is 0 Å². The fourth-order valence-corrected chi connectivity index (χ4v) is 7.54. The molecular weight excluding hydrogens is 534 g/mol. The quantitative estimate of drug-likeness (QED) is 0.414. The average Bonchev–Trinajstić information content (AvgIpc) is 2.98. The number of methoxy groups -OCH3 is 1. The number of amides is 1. The largest absolute Gasteiger partial charge is 0.495 e. The van der Waals surface area contributed by atoms with Crippen LogP contribution in [0.1, 0.15) is 30.0 Å². The predicted octanol–water partition coefficient (Wildman–Crippen LogP) is 4.68. The van der Waals surface area contributed by atoms with E-state index in [9.17, 15) is 13.2 Å². The van der Waals surface area contributed by atoms with Crippen LogP contribution in [0.2, 0.25) is 5.02 Å². The molecule has 206 valence electrons. The van der Waals surface area contributed by atoms with E-state index in [0.717, 1.165) is 13.1 Å². The van der Waals surface area contributed by atoms with Crippen molar-refractivity contribution in [3.8, 4) is 5.75 Å². The van der Waals surface area contributed by atoms with Crippen molar-refractivity contribution in [1.82, 2.24) is 14.1 Å². The van der Waals surface area contributed by atoms with Crippen LogP contribution in [0.3, 0.4) is 0 Å². The number of ether oxygens (including phenoxy) is 1. The minimum atomic E-state index is -3.77. The molecule has 2 saturated heterocycles. The lowest BCUT2D eigenvalue weighted by Gasteiger charge is -2.41. The number of halogens is 1. The van der Waals surface area contributed by atoms with Crippen molar-refractivity contribution in [2.24, 2.45) is 5.92 Å². The second-order valence-electron chi connectivity index (χ2n) is 10.1. The van der Waals surface area contributed by atoms with Gasteiger partial charge in [0, 0.05) is 39.3 Å². The Bertz CT molecular complexity index is 1340. The third kappa shape index (κ3) is 5.99. The van der Waals surface area contributed by atoms with Crippen molar-refractivity contribution >= 4 is 27.5 Å². The van der Waals surface area contributed by atoms with Crippen LogP contribution < -0.4 is 4.74 Å². The Labute approximate surface area is 236 Å². The Morgan fingerprint density at radius 2 is 1.51 bits per heavy atom. The number of piperidine rings is 1. The summed E-state index contributed by atoms with van der Waals surface area (Å²) in [7, 11) is -2.29. The summed E-state index contributed by atoms with van der Waals surface area (Å²) >= 11 is 6.19. The van der Waals surface area contributed by atoms with Crippen LogP contribution in [-0.2, 0) is 14.8 Å². The Hall–Kier alpha value is -2.91. The van der Waals surface area contributed by atoms with E-state index >= 15 is 0 Å². The topological polar surface area (TPSA) is 70.2 Å². The first kappa shape index (κ1) is 27.6. The number of nitrogens with zero attached hydrogens (tertiary/aromatic N) is 3. The zero-order valence-corrected chi connectivity index (χ0v) is 23.7. The molecule has 5 rings (SSSR count). The molecule has 3 aromatic rings. The number of rotatable bonds is 7. The molecule has 0 N–H and O–H groups in total. The fraction of sp³-hybridized carbons (Fsp3) is 0.367. The maximum atomic E-state index is 13.6. The van der Waals surface area contributed by atoms with Crippen LogP contribution in [0.4, 0.5) is 0 Å². The zero-order valence-electron chi connectivity index (χ0n) is 22.1. The van der Waals surface area contributed by atoms with Crippen molar-refractivity contribution in [3.63, 3.8) is 0 Å². The smallest absolute Gasteiger partial charge is 0.243 e. The van der Waals surface area contributed by atoms with Crippen LogP contribution in [0.15, 0.2) is 83.8 Å². The van der Waals surface area contributed by atoms with Crippen molar-refractivity contribution in [1.29, 1.82) is 0 Å². The first-order valence-electron chi connectivity index (χ1n) is 13.3. The molecule has 0 radical (unpaired) electrons. The molecule has 2 aliphatic heterocycles. The first-order chi connectivity index (χ1) is 18.9. The maximum absolute atomic E-state index is 13.6. The Morgan fingerprint density at radius 3 is 2.08 bits per heavy atom. The number of carbonyl (C=O) groups is 1. The third-order valence-electron chi connectivity index (χ3n) is 7.72. The van der Waals surface area contributed by atoms with Crippen molar-refractivity contribution in [2.75, 3.05) is 46.4 Å². The summed E-state index contributed by atoms with van der Waals surface area (Å²) in [5, 5.41) is 0.241. The lowest BCUT2D eigenvalue weighted by Crippen LogP contribution is -2.53. The predicted molar refractivity (Wildman–Crippen MR) is 152 cm³/mol. The summed E-state index contributed by atoms with van der Waals surface area (Å²) in [4.78, 5) is 18.0. The van der Waals surface area contributed by atoms with Crippen molar-refractivity contribution < 1.29 is 17.9 Å². The summed E-state index contributed by atoms with van der Waals surface area (Å²) in [5.74, 6) is 0.106. The molecule has 0 aromatic heterocycles. The van der Waals surface area contributed by atoms with E-state index < -0.39 is 10.0 Å². The average molecular weight is 568 g/mol. The van der Waals surface area contributed by atoms with Gasteiger partial charge < -0.3 is 9.64 Å². The normalized spacial score (nSPS) is 19.3. The summed E-state index contributed by atoms with van der Waals surface area (Å²) in [6.07, 6.45) is 1.33. The second kappa shape index (κ2) is 12.1. The molecule has 0 unspecified atom stereocenters. The van der Waals surface area contributed by atoms with Crippen LogP contribution in [-0.4, -0.2) is 74.8 Å². The van der Waals surface area contributed by atoms with E-state index in [2.05, 4.69) is 53.4 Å². The second-order valence-corrected chi connectivity index (χ2v) is 12.4. The monoisotopic (exact) mass is 567 g/mol. The minimum Gasteiger partial charge on any atom is -0.495 e. The Balaban J connectivity index is 1.25. The van der Waals surface area contributed by atoms with Gasteiger partial charge in [0.25, 0.3) is 0 Å². The number of benzene rings is 3. The molecule has 0 spiro atoms. The van der Waals surface area contributed by atoms with Gasteiger partial charge in [-0.25, -0.2) is 8.42 Å². The van der Waals surface area contributed by atoms with Gasteiger partial charge in [0.05, 0.1) is 29.0 Å². The van der Waals surface area contributed by atoms with Gasteiger partial charge in [-0.05, 0) is 42.2 Å². The molecule has 9 heteroatoms. The van der Waals surface area contributed by atoms with Gasteiger partial charge in [0.1, 0.15) is 5.75 Å². The summed E-state index contributed by atoms with van der Waals surface area (Å²) in [6.45, 7) is 3.30. The van der Waals surface area contributed by atoms with Crippen LogP contribution in [0.5, 0.6) is 5.75 Å². The number of hydrogen-bond donors (Lipinski definition) is 0. The fourth-order valence-electron chi connectivity index (χ4n) is 5.66. The highest BCUT2D eigenvalue weighted by Crippen LogP contribution is 2.32. The molecule has 2 aliphatic rings. The van der Waals surface area contributed by atoms with E-state index in [1.165, 1.54) is 34.7 Å². The maximum Gasteiger partial charge on any atom is 0.243 e. The molecule has 2 fully saturated rings. The van der Waals surface area contributed by atoms with E-state index in [1.54, 1.807) is 6.07 Å². The van der Waals surface area contributed by atoms with E-state index in [0.29, 0.717) is 38.2 Å². The van der Waals surface area contributed by atoms with E-state index in [4.69, 9.17) is 16.3 Å². The summed E-state index contributed by atoms with van der Waals surface area (Å²) < 4.78 is 33.3. The SMILES string of the molecule is COc1ccc(S(=O)(=O)N2CCC[C@H](C(=O)N3CCN(C(c4ccccc4)c4ccccc4)CC3)C2)cc1Cl. The molecule has 3 aromatic carbocycles. The third-order valence-corrected chi connectivity index (χ3v) is 9.87. The molecule has 0 aliphatic carbocycles. The van der Waals surface area contributed by atoms with Crippen LogP contribution >= 0.6 is 11.6 Å². The molecule has 1 atom stereocenters. The molecular formula is C30H34ClN3O4S. The molecule has 1 amide bonds. The number of carbonyl (C=O) groups excluding carboxylic acids is 1. The molecule has 2 heterocycles. The van der Waals surface area contributed by atoms with Gasteiger partial charge in [-0.2, -0.15) is 4.31 Å². The minimum absolute atomic E-state index is 0.0401. The number of piperazine rings is 1. The standard InChI is InChI=1S/C30H34ClN3O4S/c1-38-28-15-14-26(21-27(28)31)39(36,37)34-16-8-13-25(22-34)30(35)33-19-17-32(18-20-33)29(23-9-4-2-5-10-23)24-11-6-3-7-12-24/h2-7,9-12,14-15,21,25,29H,8,13,16-20,22H2,1H3/t25-/m0/s1. The van der Waals surface area contributed by atoms with Crippen molar-refractivity contribution in [3.05, 3.63) is 95.0 Å².